The number of hydrogen-bond donors (Lipinski definition) is 5. The average Bonchev–Trinajstić information content (AvgIpc) is 2.82. The Bertz CT molecular complexity index is 553. The Hall–Kier alpha value is -2.62. The van der Waals surface area contributed by atoms with E-state index in [1.807, 2.05) is 0 Å². The highest BCUT2D eigenvalue weighted by atomic mass is 16.5. The number of anilines is 2. The van der Waals surface area contributed by atoms with E-state index >= 15 is 0 Å². The maximum Gasteiger partial charge on any atom is 0.404 e. The molecule has 0 aromatic carbocycles. The van der Waals surface area contributed by atoms with Crippen molar-refractivity contribution >= 4 is 28.9 Å². The van der Waals surface area contributed by atoms with Gasteiger partial charge in [-0.15, -0.1) is 0 Å². The molecule has 0 bridgehead atoms. The molecular formula is C8H12N8O2. The number of amides is 1. The first-order chi connectivity index (χ1) is 8.70. The van der Waals surface area contributed by atoms with Gasteiger partial charge in [0.05, 0.1) is 18.1 Å². The summed E-state index contributed by atoms with van der Waals surface area (Å²) < 4.78 is 4.58. The Morgan fingerprint density at radius 1 is 1.50 bits per heavy atom. The summed E-state index contributed by atoms with van der Waals surface area (Å²) in [7, 11) is 0. The van der Waals surface area contributed by atoms with Gasteiger partial charge in [-0.1, -0.05) is 0 Å². The zero-order valence-electron chi connectivity index (χ0n) is 9.30. The third-order valence-electron chi connectivity index (χ3n) is 2.08. The summed E-state index contributed by atoms with van der Waals surface area (Å²) >= 11 is 0. The van der Waals surface area contributed by atoms with Crippen molar-refractivity contribution in [3.05, 3.63) is 6.20 Å². The predicted molar refractivity (Wildman–Crippen MR) is 63.5 cm³/mol. The summed E-state index contributed by atoms with van der Waals surface area (Å²) in [6, 6.07) is 0. The average molecular weight is 252 g/mol. The molecule has 0 aliphatic carbocycles. The van der Waals surface area contributed by atoms with E-state index in [-0.39, 0.29) is 12.6 Å². The van der Waals surface area contributed by atoms with Gasteiger partial charge in [0.2, 0.25) is 5.95 Å². The van der Waals surface area contributed by atoms with Crippen LogP contribution in [-0.2, 0) is 4.74 Å². The summed E-state index contributed by atoms with van der Waals surface area (Å²) in [6.45, 7) is 0.480. The third kappa shape index (κ3) is 2.55. The van der Waals surface area contributed by atoms with E-state index in [1.165, 1.54) is 0 Å². The predicted octanol–water partition coefficient (Wildman–Crippen LogP) is -0.854. The van der Waals surface area contributed by atoms with Crippen molar-refractivity contribution in [3.8, 4) is 0 Å². The number of primary amides is 1. The SMILES string of the molecule is NNc1nc(NCCOC(N)=O)c2cn[nH]c2n1. The van der Waals surface area contributed by atoms with Crippen molar-refractivity contribution in [2.75, 3.05) is 23.9 Å². The molecule has 7 N–H and O–H groups in total. The van der Waals surface area contributed by atoms with Crippen LogP contribution in [0.25, 0.3) is 11.0 Å². The molecule has 10 heteroatoms. The highest BCUT2D eigenvalue weighted by molar-refractivity contribution is 5.86. The number of nitrogens with zero attached hydrogens (tertiary/aromatic N) is 3. The second kappa shape index (κ2) is 5.14. The molecule has 0 aliphatic heterocycles. The molecule has 0 spiro atoms. The van der Waals surface area contributed by atoms with E-state index in [1.54, 1.807) is 6.20 Å². The van der Waals surface area contributed by atoms with Gasteiger partial charge in [-0.2, -0.15) is 15.1 Å². The van der Waals surface area contributed by atoms with Crippen molar-refractivity contribution in [1.82, 2.24) is 20.2 Å². The van der Waals surface area contributed by atoms with Crippen LogP contribution in [0.1, 0.15) is 0 Å². The topological polar surface area (TPSA) is 157 Å². The van der Waals surface area contributed by atoms with Crippen molar-refractivity contribution in [1.29, 1.82) is 0 Å². The van der Waals surface area contributed by atoms with Crippen LogP contribution in [0.5, 0.6) is 0 Å². The van der Waals surface area contributed by atoms with E-state index in [2.05, 4.69) is 35.6 Å². The van der Waals surface area contributed by atoms with Crippen LogP contribution in [0, 0.1) is 0 Å². The molecule has 18 heavy (non-hydrogen) atoms. The Morgan fingerprint density at radius 3 is 3.06 bits per heavy atom. The van der Waals surface area contributed by atoms with Crippen LogP contribution in [0.15, 0.2) is 6.20 Å². The van der Waals surface area contributed by atoms with Crippen LogP contribution < -0.4 is 22.3 Å². The van der Waals surface area contributed by atoms with Gasteiger partial charge in [0, 0.05) is 0 Å². The summed E-state index contributed by atoms with van der Waals surface area (Å²) in [5.74, 6) is 6.01. The third-order valence-corrected chi connectivity index (χ3v) is 2.08. The standard InChI is InChI=1S/C8H12N8O2/c9-7(17)18-2-1-11-5-4-3-12-16-6(4)14-8(13-5)15-10/h3H,1-2,10H2,(H2,9,17)(H3,11,12,13,14,15,16). The molecule has 0 unspecified atom stereocenters. The number of fused-ring (bicyclic) bond motifs is 1. The van der Waals surface area contributed by atoms with Crippen molar-refractivity contribution in [2.45, 2.75) is 0 Å². The van der Waals surface area contributed by atoms with Gasteiger partial charge in [-0.25, -0.2) is 10.6 Å². The second-order valence-electron chi connectivity index (χ2n) is 3.27. The van der Waals surface area contributed by atoms with Gasteiger partial charge in [-0.05, 0) is 0 Å². The van der Waals surface area contributed by atoms with Gasteiger partial charge in [0.1, 0.15) is 12.4 Å². The molecule has 0 aliphatic rings. The van der Waals surface area contributed by atoms with E-state index in [9.17, 15) is 4.79 Å². The van der Waals surface area contributed by atoms with Gasteiger partial charge >= 0.3 is 6.09 Å². The van der Waals surface area contributed by atoms with Crippen molar-refractivity contribution in [3.63, 3.8) is 0 Å². The minimum Gasteiger partial charge on any atom is -0.448 e. The molecule has 0 saturated heterocycles. The fourth-order valence-corrected chi connectivity index (χ4v) is 1.36. The lowest BCUT2D eigenvalue weighted by molar-refractivity contribution is 0.161. The number of hydrogen-bond acceptors (Lipinski definition) is 8. The number of carbonyl (C=O) groups is 1. The molecule has 2 aromatic rings. The molecule has 0 fully saturated rings. The number of carbonyl (C=O) groups excluding carboxylic acids is 1. The van der Waals surface area contributed by atoms with Crippen LogP contribution in [0.4, 0.5) is 16.6 Å². The van der Waals surface area contributed by atoms with E-state index in [0.29, 0.717) is 23.4 Å². The molecule has 96 valence electrons. The van der Waals surface area contributed by atoms with Gasteiger partial charge in [0.15, 0.2) is 5.65 Å². The molecule has 0 atom stereocenters. The van der Waals surface area contributed by atoms with Crippen LogP contribution in [-0.4, -0.2) is 39.4 Å². The summed E-state index contributed by atoms with van der Waals surface area (Å²) in [4.78, 5) is 18.6. The van der Waals surface area contributed by atoms with E-state index in [4.69, 9.17) is 11.6 Å². The molecule has 10 nitrogen and oxygen atoms in total. The number of nitrogens with one attached hydrogen (secondary N) is 3. The molecule has 2 heterocycles. The zero-order chi connectivity index (χ0) is 13.0. The zero-order valence-corrected chi connectivity index (χ0v) is 9.30. The second-order valence-corrected chi connectivity index (χ2v) is 3.27. The first-order valence-corrected chi connectivity index (χ1v) is 5.04. The lowest BCUT2D eigenvalue weighted by atomic mass is 10.4. The lowest BCUT2D eigenvalue weighted by Crippen LogP contribution is -2.19. The number of aromatic nitrogens is 4. The van der Waals surface area contributed by atoms with Crippen LogP contribution in [0.2, 0.25) is 0 Å². The quantitative estimate of drug-likeness (QED) is 0.261. The number of nitrogens with two attached hydrogens (primary N) is 2. The van der Waals surface area contributed by atoms with Gasteiger partial charge in [-0.3, -0.25) is 10.5 Å². The number of aromatic amines is 1. The molecular weight excluding hydrogens is 240 g/mol. The van der Waals surface area contributed by atoms with Crippen molar-refractivity contribution < 1.29 is 9.53 Å². The highest BCUT2D eigenvalue weighted by Gasteiger charge is 2.08. The number of hydrazine groups is 1. The number of H-pyrrole nitrogens is 1. The maximum atomic E-state index is 10.4. The Balaban J connectivity index is 2.10. The molecule has 1 amide bonds. The normalized spacial score (nSPS) is 10.3. The van der Waals surface area contributed by atoms with Crippen LogP contribution in [0.3, 0.4) is 0 Å². The molecule has 2 aromatic heterocycles. The monoisotopic (exact) mass is 252 g/mol. The summed E-state index contributed by atoms with van der Waals surface area (Å²) in [6.07, 6.45) is 0.754. The first kappa shape index (κ1) is 11.9. The highest BCUT2D eigenvalue weighted by Crippen LogP contribution is 2.18. The Labute approximate surface area is 101 Å². The molecule has 2 rings (SSSR count). The number of nitrogen functional groups attached to an aromatic ring is 1. The fraction of sp³-hybridized carbons (Fsp3) is 0.250. The van der Waals surface area contributed by atoms with Gasteiger partial charge in [0.25, 0.3) is 0 Å². The number of rotatable bonds is 5. The van der Waals surface area contributed by atoms with Gasteiger partial charge < -0.3 is 15.8 Å². The smallest absolute Gasteiger partial charge is 0.404 e. The van der Waals surface area contributed by atoms with E-state index < -0.39 is 6.09 Å². The van der Waals surface area contributed by atoms with E-state index in [0.717, 1.165) is 0 Å². The largest absolute Gasteiger partial charge is 0.448 e. The van der Waals surface area contributed by atoms with Crippen LogP contribution >= 0.6 is 0 Å². The molecule has 0 radical (unpaired) electrons. The van der Waals surface area contributed by atoms with Crippen molar-refractivity contribution in [2.24, 2.45) is 11.6 Å². The fourth-order valence-electron chi connectivity index (χ4n) is 1.36. The summed E-state index contributed by atoms with van der Waals surface area (Å²) in [5, 5.41) is 10.2. The first-order valence-electron chi connectivity index (χ1n) is 5.04. The number of ether oxygens (including phenoxy) is 1. The maximum absolute atomic E-state index is 10.4. The Kier molecular flexibility index (Phi) is 3.38. The summed E-state index contributed by atoms with van der Waals surface area (Å²) in [5.41, 5.74) is 7.72. The molecule has 0 saturated carbocycles. The Morgan fingerprint density at radius 2 is 2.33 bits per heavy atom. The minimum atomic E-state index is -0.822. The minimum absolute atomic E-state index is 0.129. The lowest BCUT2D eigenvalue weighted by Gasteiger charge is -2.07.